The van der Waals surface area contributed by atoms with Crippen LogP contribution in [0.3, 0.4) is 0 Å². The number of aryl methyl sites for hydroxylation is 1. The van der Waals surface area contributed by atoms with Gasteiger partial charge in [0, 0.05) is 37.1 Å². The molecular weight excluding hydrogens is 288 g/mol. The second-order valence-corrected chi connectivity index (χ2v) is 6.52. The molecule has 1 aliphatic rings. The van der Waals surface area contributed by atoms with E-state index < -0.39 is 0 Å². The Kier molecular flexibility index (Phi) is 3.62. The fraction of sp³-hybridized carbons (Fsp3) is 0.368. The number of hydrogen-bond acceptors (Lipinski definition) is 3. The molecule has 0 aliphatic carbocycles. The molecule has 3 aromatic rings. The van der Waals surface area contributed by atoms with Crippen LogP contribution in [0.5, 0.6) is 0 Å². The number of aromatic nitrogens is 1. The summed E-state index contributed by atoms with van der Waals surface area (Å²) in [7, 11) is 0. The van der Waals surface area contributed by atoms with Gasteiger partial charge in [0.25, 0.3) is 0 Å². The molecule has 1 aliphatic heterocycles. The molecule has 0 bridgehead atoms. The summed E-state index contributed by atoms with van der Waals surface area (Å²) in [6.45, 7) is 4.39. The number of fused-ring (bicyclic) bond motifs is 1. The first kappa shape index (κ1) is 14.4. The van der Waals surface area contributed by atoms with Crippen molar-refractivity contribution in [1.82, 2.24) is 4.57 Å². The Hall–Kier alpha value is -2.20. The van der Waals surface area contributed by atoms with Gasteiger partial charge in [-0.15, -0.1) is 0 Å². The van der Waals surface area contributed by atoms with Crippen LogP contribution in [0, 0.1) is 12.8 Å². The zero-order chi connectivity index (χ0) is 15.8. The van der Waals surface area contributed by atoms with Crippen molar-refractivity contribution in [3.05, 3.63) is 48.2 Å². The van der Waals surface area contributed by atoms with E-state index in [4.69, 9.17) is 4.52 Å². The van der Waals surface area contributed by atoms with Gasteiger partial charge >= 0.3 is 0 Å². The molecular formula is C19H22N2O2. The third-order valence-electron chi connectivity index (χ3n) is 4.77. The van der Waals surface area contributed by atoms with E-state index >= 15 is 0 Å². The molecule has 23 heavy (non-hydrogen) atoms. The first-order valence-corrected chi connectivity index (χ1v) is 8.29. The molecule has 0 radical (unpaired) electrons. The topological polar surface area (TPSA) is 41.0 Å². The largest absolute Gasteiger partial charge is 0.396 e. The summed E-state index contributed by atoms with van der Waals surface area (Å²) in [6, 6.07) is 12.7. The van der Waals surface area contributed by atoms with Crippen molar-refractivity contribution in [2.45, 2.75) is 19.8 Å². The number of pyridine rings is 1. The first-order chi connectivity index (χ1) is 11.2. The highest BCUT2D eigenvalue weighted by Gasteiger charge is 2.20. The number of aliphatic hydroxyl groups is 1. The number of benzene rings is 1. The summed E-state index contributed by atoms with van der Waals surface area (Å²) >= 11 is 0. The predicted octanol–water partition coefficient (Wildman–Crippen LogP) is 3.72. The van der Waals surface area contributed by atoms with Gasteiger partial charge in [0.1, 0.15) is 5.52 Å². The number of nitrogens with zero attached hydrogens (tertiary/aromatic N) is 2. The number of hydrogen-bond donors (Lipinski definition) is 1. The average molecular weight is 310 g/mol. The van der Waals surface area contributed by atoms with Gasteiger partial charge in [-0.05, 0) is 67.6 Å². The highest BCUT2D eigenvalue weighted by molar-refractivity contribution is 5.77. The van der Waals surface area contributed by atoms with Crippen LogP contribution in [0.4, 0.5) is 5.69 Å². The lowest BCUT2D eigenvalue weighted by Crippen LogP contribution is -2.36. The van der Waals surface area contributed by atoms with Crippen LogP contribution < -0.4 is 4.90 Å². The van der Waals surface area contributed by atoms with E-state index in [9.17, 15) is 5.11 Å². The average Bonchev–Trinajstić information content (AvgIpc) is 2.58. The van der Waals surface area contributed by atoms with Crippen molar-refractivity contribution in [2.75, 3.05) is 24.6 Å². The van der Waals surface area contributed by atoms with Crippen LogP contribution in [-0.2, 0) is 0 Å². The molecule has 1 saturated heterocycles. The highest BCUT2D eigenvalue weighted by atomic mass is 16.5. The second kappa shape index (κ2) is 5.78. The smallest absolute Gasteiger partial charge is 0.190 e. The van der Waals surface area contributed by atoms with Crippen LogP contribution in [-0.4, -0.2) is 29.4 Å². The minimum atomic E-state index is 0.285. The van der Waals surface area contributed by atoms with Gasteiger partial charge in [0.2, 0.25) is 0 Å². The van der Waals surface area contributed by atoms with Crippen LogP contribution in [0.15, 0.2) is 47.1 Å². The summed E-state index contributed by atoms with van der Waals surface area (Å²) in [5.41, 5.74) is 4.69. The van der Waals surface area contributed by atoms with Gasteiger partial charge in [-0.2, -0.15) is 4.57 Å². The normalized spacial score (nSPS) is 18.7. The van der Waals surface area contributed by atoms with Crippen molar-refractivity contribution in [1.29, 1.82) is 0 Å². The molecule has 4 nitrogen and oxygen atoms in total. The predicted molar refractivity (Wildman–Crippen MR) is 91.9 cm³/mol. The lowest BCUT2D eigenvalue weighted by molar-refractivity contribution is 0.209. The molecule has 1 N–H and O–H groups in total. The zero-order valence-electron chi connectivity index (χ0n) is 13.4. The van der Waals surface area contributed by atoms with Crippen molar-refractivity contribution in [2.24, 2.45) is 5.92 Å². The van der Waals surface area contributed by atoms with E-state index in [1.807, 2.05) is 12.3 Å². The monoisotopic (exact) mass is 310 g/mol. The van der Waals surface area contributed by atoms with E-state index in [1.54, 1.807) is 4.57 Å². The minimum Gasteiger partial charge on any atom is -0.396 e. The van der Waals surface area contributed by atoms with Crippen LogP contribution in [0.2, 0.25) is 0 Å². The molecule has 3 heterocycles. The molecule has 1 atom stereocenters. The van der Waals surface area contributed by atoms with Gasteiger partial charge in [0.15, 0.2) is 5.76 Å². The van der Waals surface area contributed by atoms with Crippen LogP contribution in [0.25, 0.3) is 16.8 Å². The molecule has 4 rings (SSSR count). The van der Waals surface area contributed by atoms with Crippen LogP contribution >= 0.6 is 0 Å². The third-order valence-corrected chi connectivity index (χ3v) is 4.77. The fourth-order valence-corrected chi connectivity index (χ4v) is 3.42. The van der Waals surface area contributed by atoms with Gasteiger partial charge in [-0.3, -0.25) is 0 Å². The minimum absolute atomic E-state index is 0.285. The summed E-state index contributed by atoms with van der Waals surface area (Å²) < 4.78 is 7.53. The maximum Gasteiger partial charge on any atom is 0.190 e. The Balaban J connectivity index is 1.57. The van der Waals surface area contributed by atoms with Gasteiger partial charge in [-0.25, -0.2) is 0 Å². The van der Waals surface area contributed by atoms with E-state index in [0.717, 1.165) is 42.8 Å². The maximum atomic E-state index is 9.38. The molecule has 2 aromatic heterocycles. The number of aliphatic hydroxyl groups excluding tert-OH is 1. The van der Waals surface area contributed by atoms with Crippen molar-refractivity contribution < 1.29 is 9.63 Å². The van der Waals surface area contributed by atoms with Gasteiger partial charge in [-0.1, -0.05) is 0 Å². The Morgan fingerprint density at radius 1 is 1.22 bits per heavy atom. The van der Waals surface area contributed by atoms with Crippen molar-refractivity contribution in [3.8, 4) is 11.3 Å². The number of rotatable bonds is 3. The summed E-state index contributed by atoms with van der Waals surface area (Å²) in [4.78, 5) is 2.37. The molecule has 1 fully saturated rings. The summed E-state index contributed by atoms with van der Waals surface area (Å²) in [6.07, 6.45) is 4.23. The fourth-order valence-electron chi connectivity index (χ4n) is 3.42. The Bertz CT molecular complexity index is 801. The van der Waals surface area contributed by atoms with Gasteiger partial charge < -0.3 is 14.5 Å². The standard InChI is InChI=1S/C19H22N2O2/c1-14-8-10-21-18(11-14)19(23-21)16-4-6-17(7-5-16)20-9-2-3-15(12-20)13-22/h4-8,10-11,15,22H,2-3,9,12-13H2,1H3. The van der Waals surface area contributed by atoms with Crippen molar-refractivity contribution >= 4 is 11.2 Å². The first-order valence-electron chi connectivity index (χ1n) is 8.29. The third kappa shape index (κ3) is 2.63. The molecule has 0 saturated carbocycles. The maximum absolute atomic E-state index is 9.38. The second-order valence-electron chi connectivity index (χ2n) is 6.52. The Labute approximate surface area is 135 Å². The molecule has 0 amide bonds. The summed E-state index contributed by atoms with van der Waals surface area (Å²) in [5.74, 6) is 1.34. The lowest BCUT2D eigenvalue weighted by atomic mass is 9.98. The van der Waals surface area contributed by atoms with E-state index in [1.165, 1.54) is 11.3 Å². The van der Waals surface area contributed by atoms with Crippen LogP contribution in [0.1, 0.15) is 18.4 Å². The molecule has 1 unspecified atom stereocenters. The molecule has 4 heteroatoms. The number of piperidine rings is 1. The quantitative estimate of drug-likeness (QED) is 0.801. The summed E-state index contributed by atoms with van der Waals surface area (Å²) in [5, 5.41) is 9.38. The highest BCUT2D eigenvalue weighted by Crippen LogP contribution is 2.31. The van der Waals surface area contributed by atoms with Gasteiger partial charge in [0.05, 0.1) is 0 Å². The molecule has 120 valence electrons. The molecule has 0 spiro atoms. The van der Waals surface area contributed by atoms with E-state index in [2.05, 4.69) is 42.2 Å². The van der Waals surface area contributed by atoms with Crippen molar-refractivity contribution in [3.63, 3.8) is 0 Å². The zero-order valence-corrected chi connectivity index (χ0v) is 13.4. The van der Waals surface area contributed by atoms with E-state index in [-0.39, 0.29) is 6.61 Å². The SMILES string of the molecule is Cc1ccn2oc(-c3ccc(N4CCCC(CO)C4)cc3)c2c1. The van der Waals surface area contributed by atoms with E-state index in [0.29, 0.717) is 5.92 Å². The molecule has 1 aromatic carbocycles. The lowest BCUT2D eigenvalue weighted by Gasteiger charge is -2.33. The Morgan fingerprint density at radius 2 is 2.04 bits per heavy atom. The Morgan fingerprint density at radius 3 is 2.83 bits per heavy atom. The number of anilines is 1.